The van der Waals surface area contributed by atoms with Crippen molar-refractivity contribution >= 4 is 16.5 Å². The van der Waals surface area contributed by atoms with E-state index in [-0.39, 0.29) is 0 Å². The summed E-state index contributed by atoms with van der Waals surface area (Å²) in [7, 11) is 2.07. The molecule has 2 aromatic heterocycles. The predicted octanol–water partition coefficient (Wildman–Crippen LogP) is 3.74. The average molecular weight is 307 g/mol. The van der Waals surface area contributed by atoms with Gasteiger partial charge in [-0.15, -0.1) is 11.3 Å². The van der Waals surface area contributed by atoms with Crippen molar-refractivity contribution in [2.24, 2.45) is 0 Å². The van der Waals surface area contributed by atoms with E-state index in [4.69, 9.17) is 9.40 Å². The largest absolute Gasteiger partial charge is 0.464 e. The van der Waals surface area contributed by atoms with Crippen LogP contribution in [0.15, 0.2) is 16.5 Å². The van der Waals surface area contributed by atoms with Crippen molar-refractivity contribution in [2.45, 2.75) is 46.7 Å². The van der Waals surface area contributed by atoms with Crippen LogP contribution in [0, 0.1) is 6.92 Å². The van der Waals surface area contributed by atoms with Crippen LogP contribution in [0.5, 0.6) is 0 Å². The minimum absolute atomic E-state index is 0.758. The van der Waals surface area contributed by atoms with Crippen LogP contribution in [0.4, 0.5) is 5.13 Å². The van der Waals surface area contributed by atoms with E-state index < -0.39 is 0 Å². The molecule has 21 heavy (non-hydrogen) atoms. The second kappa shape index (κ2) is 7.61. The molecule has 0 radical (unpaired) electrons. The Hall–Kier alpha value is -1.33. The molecule has 0 aliphatic carbocycles. The van der Waals surface area contributed by atoms with Gasteiger partial charge in [0.05, 0.1) is 12.2 Å². The first-order valence-electron chi connectivity index (χ1n) is 7.59. The lowest BCUT2D eigenvalue weighted by atomic mass is 10.2. The molecule has 0 unspecified atom stereocenters. The summed E-state index contributed by atoms with van der Waals surface area (Å²) >= 11 is 1.78. The quantitative estimate of drug-likeness (QED) is 0.806. The van der Waals surface area contributed by atoms with Crippen LogP contribution in [-0.2, 0) is 19.5 Å². The van der Waals surface area contributed by atoms with Crippen LogP contribution in [0.25, 0.3) is 0 Å². The van der Waals surface area contributed by atoms with E-state index in [0.29, 0.717) is 0 Å². The summed E-state index contributed by atoms with van der Waals surface area (Å²) < 4.78 is 5.65. The van der Waals surface area contributed by atoms with Gasteiger partial charge in [-0.2, -0.15) is 0 Å². The number of hydrogen-bond acceptors (Lipinski definition) is 5. The maximum Gasteiger partial charge on any atom is 0.185 e. The number of nitrogens with one attached hydrogen (secondary N) is 1. The fourth-order valence-electron chi connectivity index (χ4n) is 2.21. The average Bonchev–Trinajstić information content (AvgIpc) is 3.04. The Morgan fingerprint density at radius 1 is 1.33 bits per heavy atom. The third kappa shape index (κ3) is 4.32. The molecule has 1 N–H and O–H groups in total. The van der Waals surface area contributed by atoms with Gasteiger partial charge in [0.15, 0.2) is 5.13 Å². The Balaban J connectivity index is 2.10. The van der Waals surface area contributed by atoms with E-state index in [1.54, 1.807) is 11.3 Å². The van der Waals surface area contributed by atoms with Crippen LogP contribution in [0.3, 0.4) is 0 Å². The summed E-state index contributed by atoms with van der Waals surface area (Å²) in [6.07, 6.45) is 2.17. The minimum Gasteiger partial charge on any atom is -0.464 e. The highest BCUT2D eigenvalue weighted by Crippen LogP contribution is 2.27. The van der Waals surface area contributed by atoms with Gasteiger partial charge in [0.2, 0.25) is 0 Å². The molecule has 0 spiro atoms. The van der Waals surface area contributed by atoms with Crippen molar-refractivity contribution in [3.63, 3.8) is 0 Å². The Bertz CT molecular complexity index is 562. The van der Waals surface area contributed by atoms with Crippen LogP contribution < -0.4 is 10.2 Å². The second-order valence-corrected chi connectivity index (χ2v) is 6.33. The van der Waals surface area contributed by atoms with Gasteiger partial charge in [0, 0.05) is 18.5 Å². The Kier molecular flexibility index (Phi) is 5.82. The zero-order valence-electron chi connectivity index (χ0n) is 13.4. The van der Waals surface area contributed by atoms with Crippen LogP contribution >= 0.6 is 11.3 Å². The van der Waals surface area contributed by atoms with E-state index >= 15 is 0 Å². The molecule has 0 aromatic carbocycles. The number of rotatable bonds is 8. The molecular formula is C16H25N3OS. The van der Waals surface area contributed by atoms with Gasteiger partial charge in [-0.1, -0.05) is 20.3 Å². The molecule has 2 heterocycles. The van der Waals surface area contributed by atoms with Gasteiger partial charge in [-0.05, 0) is 32.0 Å². The molecule has 0 bridgehead atoms. The first-order chi connectivity index (χ1) is 10.1. The van der Waals surface area contributed by atoms with Crippen molar-refractivity contribution in [3.05, 3.63) is 34.2 Å². The number of aromatic nitrogens is 1. The highest BCUT2D eigenvalue weighted by molar-refractivity contribution is 7.15. The van der Waals surface area contributed by atoms with Crippen LogP contribution in [-0.4, -0.2) is 18.6 Å². The van der Waals surface area contributed by atoms with Crippen LogP contribution in [0.2, 0.25) is 0 Å². The molecule has 116 valence electrons. The molecular weight excluding hydrogens is 282 g/mol. The van der Waals surface area contributed by atoms with Gasteiger partial charge in [-0.3, -0.25) is 0 Å². The Morgan fingerprint density at radius 3 is 2.76 bits per heavy atom. The topological polar surface area (TPSA) is 41.3 Å². The number of hydrogen-bond donors (Lipinski definition) is 1. The highest BCUT2D eigenvalue weighted by Gasteiger charge is 2.14. The van der Waals surface area contributed by atoms with Gasteiger partial charge >= 0.3 is 0 Å². The highest BCUT2D eigenvalue weighted by atomic mass is 32.1. The van der Waals surface area contributed by atoms with Crippen molar-refractivity contribution in [1.82, 2.24) is 10.3 Å². The van der Waals surface area contributed by atoms with E-state index in [2.05, 4.69) is 31.1 Å². The number of aryl methyl sites for hydroxylation is 2. The minimum atomic E-state index is 0.758. The molecule has 0 aliphatic rings. The Labute approximate surface area is 131 Å². The van der Waals surface area contributed by atoms with E-state index in [1.807, 2.05) is 19.1 Å². The predicted molar refractivity (Wildman–Crippen MR) is 89.0 cm³/mol. The molecule has 0 fully saturated rings. The maximum atomic E-state index is 5.65. The number of anilines is 1. The SMILES string of the molecule is CCCc1nc(N(C)Cc2ccc(C)o2)sc1CNCC. The van der Waals surface area contributed by atoms with Gasteiger partial charge in [0.1, 0.15) is 11.5 Å². The van der Waals surface area contributed by atoms with E-state index in [9.17, 15) is 0 Å². The van der Waals surface area contributed by atoms with Crippen molar-refractivity contribution in [2.75, 3.05) is 18.5 Å². The number of thiazole rings is 1. The molecule has 0 atom stereocenters. The summed E-state index contributed by atoms with van der Waals surface area (Å²) in [6.45, 7) is 8.96. The molecule has 2 aromatic rings. The maximum absolute atomic E-state index is 5.65. The lowest BCUT2D eigenvalue weighted by Gasteiger charge is -2.13. The number of furan rings is 1. The lowest BCUT2D eigenvalue weighted by molar-refractivity contribution is 0.481. The third-order valence-corrected chi connectivity index (χ3v) is 4.52. The molecule has 2 rings (SSSR count). The van der Waals surface area contributed by atoms with E-state index in [0.717, 1.165) is 49.1 Å². The molecule has 0 saturated carbocycles. The van der Waals surface area contributed by atoms with Crippen molar-refractivity contribution in [3.8, 4) is 0 Å². The summed E-state index contributed by atoms with van der Waals surface area (Å²) in [6, 6.07) is 4.04. The fourth-order valence-corrected chi connectivity index (χ4v) is 3.25. The summed E-state index contributed by atoms with van der Waals surface area (Å²) in [4.78, 5) is 8.34. The summed E-state index contributed by atoms with van der Waals surface area (Å²) in [5.41, 5.74) is 1.24. The van der Waals surface area contributed by atoms with Crippen molar-refractivity contribution in [1.29, 1.82) is 0 Å². The second-order valence-electron chi connectivity index (χ2n) is 5.27. The summed E-state index contributed by atoms with van der Waals surface area (Å²) in [5.74, 6) is 1.94. The van der Waals surface area contributed by atoms with Gasteiger partial charge < -0.3 is 14.6 Å². The molecule has 0 aliphatic heterocycles. The molecule has 0 amide bonds. The lowest BCUT2D eigenvalue weighted by Crippen LogP contribution is -2.15. The third-order valence-electron chi connectivity index (χ3n) is 3.30. The zero-order valence-corrected chi connectivity index (χ0v) is 14.2. The van der Waals surface area contributed by atoms with Gasteiger partial charge in [0.25, 0.3) is 0 Å². The Morgan fingerprint density at radius 2 is 2.14 bits per heavy atom. The van der Waals surface area contributed by atoms with Gasteiger partial charge in [-0.25, -0.2) is 4.98 Å². The standard InChI is InChI=1S/C16H25N3OS/c1-5-7-14-15(10-17-6-2)21-16(18-14)19(4)11-13-9-8-12(3)20-13/h8-9,17H,5-7,10-11H2,1-4H3. The molecule has 0 saturated heterocycles. The smallest absolute Gasteiger partial charge is 0.185 e. The van der Waals surface area contributed by atoms with Crippen molar-refractivity contribution < 1.29 is 4.42 Å². The van der Waals surface area contributed by atoms with Crippen LogP contribution in [0.1, 0.15) is 42.4 Å². The fraction of sp³-hybridized carbons (Fsp3) is 0.562. The zero-order chi connectivity index (χ0) is 15.2. The first-order valence-corrected chi connectivity index (χ1v) is 8.41. The monoisotopic (exact) mass is 307 g/mol. The molecule has 5 heteroatoms. The normalized spacial score (nSPS) is 11.0. The molecule has 4 nitrogen and oxygen atoms in total. The number of nitrogens with zero attached hydrogens (tertiary/aromatic N) is 2. The first kappa shape index (κ1) is 16.0. The summed E-state index contributed by atoms with van der Waals surface area (Å²) in [5, 5.41) is 4.47. The van der Waals surface area contributed by atoms with E-state index in [1.165, 1.54) is 10.6 Å².